The van der Waals surface area contributed by atoms with Gasteiger partial charge in [-0.15, -0.1) is 0 Å². The first kappa shape index (κ1) is 31.2. The Hall–Kier alpha value is -4.19. The van der Waals surface area contributed by atoms with Crippen molar-refractivity contribution in [3.05, 3.63) is 77.6 Å². The van der Waals surface area contributed by atoms with Gasteiger partial charge in [-0.1, -0.05) is 30.3 Å². The van der Waals surface area contributed by atoms with Crippen LogP contribution >= 0.6 is 11.9 Å². The summed E-state index contributed by atoms with van der Waals surface area (Å²) in [7, 11) is 1.84. The Morgan fingerprint density at radius 1 is 1.09 bits per heavy atom. The molecule has 0 aliphatic carbocycles. The number of hydrogen-bond acceptors (Lipinski definition) is 8. The first-order valence-electron chi connectivity index (χ1n) is 14.3. The van der Waals surface area contributed by atoms with Crippen molar-refractivity contribution in [2.75, 3.05) is 17.8 Å². The summed E-state index contributed by atoms with van der Waals surface area (Å²) in [6.07, 6.45) is 2.99. The first-order valence-corrected chi connectivity index (χ1v) is 15.1. The lowest BCUT2D eigenvalue weighted by molar-refractivity contribution is -0.0848. The third-order valence-corrected chi connectivity index (χ3v) is 7.87. The SMILES string of the molecule is Cc1cccc(C)c1-c1cc(Oc2ccc(C3CCN(C(=O)OC(C)(C)C)CC3(F)F)cc2)nc(NSc2cnn(C)c2)n1. The molecule has 1 saturated heterocycles. The van der Waals surface area contributed by atoms with Gasteiger partial charge >= 0.3 is 6.09 Å². The van der Waals surface area contributed by atoms with Crippen LogP contribution in [0.3, 0.4) is 0 Å². The molecule has 9 nitrogen and oxygen atoms in total. The van der Waals surface area contributed by atoms with Crippen molar-refractivity contribution in [1.29, 1.82) is 0 Å². The second-order valence-corrected chi connectivity index (χ2v) is 12.8. The number of halogens is 2. The summed E-state index contributed by atoms with van der Waals surface area (Å²) in [5.74, 6) is -3.06. The van der Waals surface area contributed by atoms with Crippen molar-refractivity contribution in [3.63, 3.8) is 0 Å². The van der Waals surface area contributed by atoms with Crippen LogP contribution in [0.15, 0.2) is 65.8 Å². The van der Waals surface area contributed by atoms with Gasteiger partial charge in [0.05, 0.1) is 29.2 Å². The fourth-order valence-corrected chi connectivity index (χ4v) is 5.75. The molecule has 232 valence electrons. The molecule has 1 amide bonds. The van der Waals surface area contributed by atoms with Gasteiger partial charge in [-0.3, -0.25) is 9.40 Å². The maximum Gasteiger partial charge on any atom is 0.410 e. The minimum atomic E-state index is -3.11. The predicted molar refractivity (Wildman–Crippen MR) is 166 cm³/mol. The summed E-state index contributed by atoms with van der Waals surface area (Å²) < 4.78 is 46.8. The number of alkyl halides is 2. The Bertz CT molecular complexity index is 1620. The van der Waals surface area contributed by atoms with E-state index in [-0.39, 0.29) is 13.0 Å². The number of carbonyl (C=O) groups excluding carboxylic acids is 1. The van der Waals surface area contributed by atoms with E-state index < -0.39 is 30.1 Å². The molecule has 3 heterocycles. The lowest BCUT2D eigenvalue weighted by Gasteiger charge is -2.39. The monoisotopic (exact) mass is 622 g/mol. The summed E-state index contributed by atoms with van der Waals surface area (Å²) >= 11 is 1.33. The third kappa shape index (κ3) is 7.47. The van der Waals surface area contributed by atoms with E-state index in [9.17, 15) is 4.79 Å². The van der Waals surface area contributed by atoms with E-state index in [2.05, 4.69) is 14.8 Å². The van der Waals surface area contributed by atoms with E-state index in [1.54, 1.807) is 62.0 Å². The van der Waals surface area contributed by atoms with Crippen LogP contribution in [-0.2, 0) is 11.8 Å². The molecular weight excluding hydrogens is 586 g/mol. The van der Waals surface area contributed by atoms with Gasteiger partial charge in [0.1, 0.15) is 11.4 Å². The smallest absolute Gasteiger partial charge is 0.410 e. The van der Waals surface area contributed by atoms with Crippen LogP contribution in [0.1, 0.15) is 49.8 Å². The molecule has 1 fully saturated rings. The van der Waals surface area contributed by atoms with Gasteiger partial charge in [0.15, 0.2) is 0 Å². The second-order valence-electron chi connectivity index (χ2n) is 11.9. The second kappa shape index (κ2) is 12.4. The molecule has 1 N–H and O–H groups in total. The lowest BCUT2D eigenvalue weighted by Crippen LogP contribution is -2.50. The molecule has 12 heteroatoms. The van der Waals surface area contributed by atoms with Gasteiger partial charge in [0.25, 0.3) is 5.92 Å². The molecule has 1 aliphatic heterocycles. The molecule has 1 atom stereocenters. The van der Waals surface area contributed by atoms with Crippen LogP contribution in [-0.4, -0.2) is 55.4 Å². The normalized spacial score (nSPS) is 16.5. The predicted octanol–water partition coefficient (Wildman–Crippen LogP) is 7.77. The van der Waals surface area contributed by atoms with Crippen LogP contribution < -0.4 is 9.46 Å². The zero-order valence-corrected chi connectivity index (χ0v) is 26.4. The molecular formula is C32H36F2N6O3S. The van der Waals surface area contributed by atoms with E-state index in [0.717, 1.165) is 26.5 Å². The Morgan fingerprint density at radius 2 is 1.80 bits per heavy atom. The number of anilines is 1. The van der Waals surface area contributed by atoms with E-state index >= 15 is 8.78 Å². The van der Waals surface area contributed by atoms with Gasteiger partial charge in [-0.2, -0.15) is 10.1 Å². The van der Waals surface area contributed by atoms with Crippen LogP contribution in [0, 0.1) is 13.8 Å². The number of aryl methyl sites for hydroxylation is 3. The standard InChI is InChI=1S/C32H36F2N6O3S/c1-20-8-7-9-21(2)28(20)26-16-27(37-29(36-26)38-44-24-17-35-39(6)18-24)42-23-12-10-22(11-13-23)25-14-15-40(19-32(25,33)34)30(41)43-31(3,4)5/h7-13,16-18,25H,14-15,19H2,1-6H3,(H,36,37,38). The Morgan fingerprint density at radius 3 is 2.41 bits per heavy atom. The van der Waals surface area contributed by atoms with Gasteiger partial charge in [-0.25, -0.2) is 18.6 Å². The zero-order valence-electron chi connectivity index (χ0n) is 25.6. The molecule has 0 saturated carbocycles. The van der Waals surface area contributed by atoms with Crippen molar-refractivity contribution in [3.8, 4) is 22.9 Å². The van der Waals surface area contributed by atoms with E-state index in [1.165, 1.54) is 11.9 Å². The highest BCUT2D eigenvalue weighted by molar-refractivity contribution is 8.00. The highest BCUT2D eigenvalue weighted by atomic mass is 32.2. The highest BCUT2D eigenvalue weighted by Gasteiger charge is 2.47. The first-order chi connectivity index (χ1) is 20.8. The summed E-state index contributed by atoms with van der Waals surface area (Å²) in [6, 6.07) is 14.4. The lowest BCUT2D eigenvalue weighted by atomic mass is 9.86. The van der Waals surface area contributed by atoms with Gasteiger partial charge in [-0.05, 0) is 81.8 Å². The minimum Gasteiger partial charge on any atom is -0.444 e. The number of rotatable bonds is 7. The number of ether oxygens (including phenoxy) is 2. The van der Waals surface area contributed by atoms with Crippen LogP contribution in [0.5, 0.6) is 11.6 Å². The Labute approximate surface area is 260 Å². The van der Waals surface area contributed by atoms with Gasteiger partial charge < -0.3 is 14.4 Å². The molecule has 4 aromatic rings. The number of nitrogens with zero attached hydrogens (tertiary/aromatic N) is 5. The van der Waals surface area contributed by atoms with Crippen molar-refractivity contribution in [2.24, 2.45) is 7.05 Å². The molecule has 0 spiro atoms. The fourth-order valence-electron chi connectivity index (χ4n) is 5.15. The van der Waals surface area contributed by atoms with Crippen molar-refractivity contribution in [1.82, 2.24) is 24.6 Å². The van der Waals surface area contributed by atoms with Crippen molar-refractivity contribution < 1.29 is 23.0 Å². The number of benzene rings is 2. The Kier molecular flexibility index (Phi) is 8.83. The number of amides is 1. The maximum atomic E-state index is 15.2. The van der Waals surface area contributed by atoms with Gasteiger partial charge in [0, 0.05) is 31.4 Å². The maximum absolute atomic E-state index is 15.2. The van der Waals surface area contributed by atoms with Crippen LogP contribution in [0.25, 0.3) is 11.3 Å². The number of piperidine rings is 1. The van der Waals surface area contributed by atoms with Gasteiger partial charge in [0.2, 0.25) is 11.8 Å². The Balaban J connectivity index is 1.35. The summed E-state index contributed by atoms with van der Waals surface area (Å²) in [5.41, 5.74) is 3.50. The number of likely N-dealkylation sites (tertiary alicyclic amines) is 1. The van der Waals surface area contributed by atoms with Crippen molar-refractivity contribution in [2.45, 2.75) is 63.4 Å². The van der Waals surface area contributed by atoms with E-state index in [1.807, 2.05) is 45.3 Å². The number of nitrogens with one attached hydrogen (secondary N) is 1. The average Bonchev–Trinajstić information content (AvgIpc) is 3.36. The highest BCUT2D eigenvalue weighted by Crippen LogP contribution is 2.41. The largest absolute Gasteiger partial charge is 0.444 e. The van der Waals surface area contributed by atoms with E-state index in [4.69, 9.17) is 14.5 Å². The molecule has 1 aliphatic rings. The molecule has 0 radical (unpaired) electrons. The summed E-state index contributed by atoms with van der Waals surface area (Å²) in [4.78, 5) is 23.7. The molecule has 0 bridgehead atoms. The number of carbonyl (C=O) groups is 1. The minimum absolute atomic E-state index is 0.112. The molecule has 1 unspecified atom stereocenters. The quantitative estimate of drug-likeness (QED) is 0.209. The fraction of sp³-hybridized carbons (Fsp3) is 0.375. The van der Waals surface area contributed by atoms with E-state index in [0.29, 0.717) is 28.8 Å². The number of hydrogen-bond donors (Lipinski definition) is 1. The van der Waals surface area contributed by atoms with Crippen LogP contribution in [0.4, 0.5) is 19.5 Å². The molecule has 2 aromatic carbocycles. The number of aromatic nitrogens is 4. The third-order valence-electron chi connectivity index (χ3n) is 7.14. The van der Waals surface area contributed by atoms with Crippen molar-refractivity contribution >= 4 is 24.0 Å². The summed E-state index contributed by atoms with van der Waals surface area (Å²) in [6.45, 7) is 8.67. The molecule has 44 heavy (non-hydrogen) atoms. The average molecular weight is 623 g/mol. The molecule has 2 aromatic heterocycles. The summed E-state index contributed by atoms with van der Waals surface area (Å²) in [5, 5.41) is 4.18. The van der Waals surface area contributed by atoms with Crippen LogP contribution in [0.2, 0.25) is 0 Å². The zero-order chi connectivity index (χ0) is 31.6. The topological polar surface area (TPSA) is 94.4 Å². The molecule has 5 rings (SSSR count).